The van der Waals surface area contributed by atoms with Crippen LogP contribution < -0.4 is 5.32 Å². The number of rotatable bonds is 8. The highest BCUT2D eigenvalue weighted by molar-refractivity contribution is 8.00. The van der Waals surface area contributed by atoms with Crippen molar-refractivity contribution in [1.82, 2.24) is 25.1 Å². The Hall–Kier alpha value is -2.35. The molecule has 0 saturated heterocycles. The maximum absolute atomic E-state index is 12.8. The predicted molar refractivity (Wildman–Crippen MR) is 122 cm³/mol. The van der Waals surface area contributed by atoms with Crippen LogP contribution in [0.3, 0.4) is 0 Å². The van der Waals surface area contributed by atoms with Gasteiger partial charge in [0.1, 0.15) is 0 Å². The Bertz CT molecular complexity index is 1040. The van der Waals surface area contributed by atoms with Crippen molar-refractivity contribution in [1.29, 1.82) is 0 Å². The lowest BCUT2D eigenvalue weighted by molar-refractivity contribution is -0.120. The van der Waals surface area contributed by atoms with Crippen LogP contribution in [0.25, 0.3) is 11.4 Å². The Kier molecular flexibility index (Phi) is 7.53. The number of nitrogens with one attached hydrogen (secondary N) is 1. The minimum absolute atomic E-state index is 0.128. The van der Waals surface area contributed by atoms with Gasteiger partial charge in [0, 0.05) is 34.5 Å². The molecule has 156 valence electrons. The van der Waals surface area contributed by atoms with E-state index in [9.17, 15) is 4.79 Å². The standard InChI is InChI=1S/C21H21Cl2N5OS/c1-4-11-28-19(15-7-9-24-10-8-15)26-27-21(28)30-14(3)20(29)25-13(2)17-6-5-16(22)12-18(17)23/h4-10,12-14H,1,11H2,2-3H3,(H,25,29). The molecular formula is C21H21Cl2N5OS. The highest BCUT2D eigenvalue weighted by Crippen LogP contribution is 2.29. The first-order chi connectivity index (χ1) is 14.4. The Balaban J connectivity index is 1.73. The van der Waals surface area contributed by atoms with Crippen LogP contribution in [-0.4, -0.2) is 30.9 Å². The molecule has 1 amide bonds. The van der Waals surface area contributed by atoms with Crippen molar-refractivity contribution in [2.45, 2.75) is 36.8 Å². The Morgan fingerprint density at radius 1 is 1.23 bits per heavy atom. The third-order valence-electron chi connectivity index (χ3n) is 4.41. The molecule has 0 aliphatic carbocycles. The van der Waals surface area contributed by atoms with Crippen LogP contribution in [-0.2, 0) is 11.3 Å². The first-order valence-electron chi connectivity index (χ1n) is 9.27. The Labute approximate surface area is 189 Å². The van der Waals surface area contributed by atoms with Gasteiger partial charge in [-0.2, -0.15) is 0 Å². The monoisotopic (exact) mass is 461 g/mol. The zero-order valence-electron chi connectivity index (χ0n) is 16.5. The summed E-state index contributed by atoms with van der Waals surface area (Å²) in [6.45, 7) is 8.05. The molecular weight excluding hydrogens is 441 g/mol. The van der Waals surface area contributed by atoms with Gasteiger partial charge >= 0.3 is 0 Å². The van der Waals surface area contributed by atoms with E-state index in [0.29, 0.717) is 27.6 Å². The van der Waals surface area contributed by atoms with Crippen molar-refractivity contribution in [3.63, 3.8) is 0 Å². The van der Waals surface area contributed by atoms with E-state index < -0.39 is 5.25 Å². The third kappa shape index (κ3) is 5.22. The molecule has 0 aliphatic heterocycles. The SMILES string of the molecule is C=CCn1c(SC(C)C(=O)NC(C)c2ccc(Cl)cc2Cl)nnc1-c1ccncc1. The smallest absolute Gasteiger partial charge is 0.233 e. The molecule has 0 spiro atoms. The van der Waals surface area contributed by atoms with Gasteiger partial charge in [0.25, 0.3) is 0 Å². The average Bonchev–Trinajstić information content (AvgIpc) is 3.11. The second-order valence-corrected chi connectivity index (χ2v) is 8.75. The van der Waals surface area contributed by atoms with E-state index in [1.54, 1.807) is 30.6 Å². The summed E-state index contributed by atoms with van der Waals surface area (Å²) in [6.07, 6.45) is 5.18. The lowest BCUT2D eigenvalue weighted by Gasteiger charge is -2.19. The van der Waals surface area contributed by atoms with Crippen molar-refractivity contribution in [2.24, 2.45) is 0 Å². The van der Waals surface area contributed by atoms with E-state index in [1.807, 2.05) is 36.6 Å². The first-order valence-corrected chi connectivity index (χ1v) is 10.9. The number of halogens is 2. The van der Waals surface area contributed by atoms with Gasteiger partial charge < -0.3 is 5.32 Å². The van der Waals surface area contributed by atoms with Crippen LogP contribution in [0.2, 0.25) is 10.0 Å². The van der Waals surface area contributed by atoms with Crippen molar-refractivity contribution in [2.75, 3.05) is 0 Å². The molecule has 0 radical (unpaired) electrons. The largest absolute Gasteiger partial charge is 0.349 e. The van der Waals surface area contributed by atoms with Crippen molar-refractivity contribution < 1.29 is 4.79 Å². The molecule has 2 aromatic heterocycles. The van der Waals surface area contributed by atoms with E-state index in [1.165, 1.54) is 11.8 Å². The van der Waals surface area contributed by atoms with E-state index >= 15 is 0 Å². The van der Waals surface area contributed by atoms with E-state index in [-0.39, 0.29) is 11.9 Å². The number of amides is 1. The minimum Gasteiger partial charge on any atom is -0.349 e. The summed E-state index contributed by atoms with van der Waals surface area (Å²) < 4.78 is 1.93. The van der Waals surface area contributed by atoms with Crippen LogP contribution in [0.1, 0.15) is 25.5 Å². The number of hydrogen-bond donors (Lipinski definition) is 1. The normalized spacial score (nSPS) is 12.9. The summed E-state index contributed by atoms with van der Waals surface area (Å²) >= 11 is 13.5. The molecule has 3 aromatic rings. The lowest BCUT2D eigenvalue weighted by atomic mass is 10.1. The molecule has 3 rings (SSSR count). The lowest BCUT2D eigenvalue weighted by Crippen LogP contribution is -2.33. The molecule has 0 bridgehead atoms. The zero-order chi connectivity index (χ0) is 21.7. The topological polar surface area (TPSA) is 72.7 Å². The van der Waals surface area contributed by atoms with Gasteiger partial charge in [-0.05, 0) is 43.7 Å². The van der Waals surface area contributed by atoms with Crippen LogP contribution in [0, 0.1) is 0 Å². The number of carbonyl (C=O) groups excluding carboxylic acids is 1. The van der Waals surface area contributed by atoms with Crippen molar-refractivity contribution in [3.8, 4) is 11.4 Å². The molecule has 1 N–H and O–H groups in total. The number of carbonyl (C=O) groups is 1. The van der Waals surface area contributed by atoms with E-state index in [0.717, 1.165) is 11.1 Å². The molecule has 1 aromatic carbocycles. The summed E-state index contributed by atoms with van der Waals surface area (Å²) in [5.41, 5.74) is 1.70. The number of thioether (sulfide) groups is 1. The van der Waals surface area contributed by atoms with E-state index in [4.69, 9.17) is 23.2 Å². The summed E-state index contributed by atoms with van der Waals surface area (Å²) in [7, 11) is 0. The van der Waals surface area contributed by atoms with Crippen LogP contribution in [0.4, 0.5) is 0 Å². The zero-order valence-corrected chi connectivity index (χ0v) is 18.9. The van der Waals surface area contributed by atoms with Crippen LogP contribution in [0.15, 0.2) is 60.5 Å². The van der Waals surface area contributed by atoms with Gasteiger partial charge in [0.05, 0.1) is 11.3 Å². The summed E-state index contributed by atoms with van der Waals surface area (Å²) in [6, 6.07) is 8.70. The molecule has 0 fully saturated rings. The fourth-order valence-corrected chi connectivity index (χ4v) is 4.30. The fraction of sp³-hybridized carbons (Fsp3) is 0.238. The maximum Gasteiger partial charge on any atom is 0.233 e. The van der Waals surface area contributed by atoms with Gasteiger partial charge in [0.2, 0.25) is 5.91 Å². The number of allylic oxidation sites excluding steroid dienone is 1. The maximum atomic E-state index is 12.8. The number of hydrogen-bond acceptors (Lipinski definition) is 5. The summed E-state index contributed by atoms with van der Waals surface area (Å²) in [5.74, 6) is 0.575. The molecule has 2 heterocycles. The number of benzene rings is 1. The van der Waals surface area contributed by atoms with Gasteiger partial charge in [-0.15, -0.1) is 16.8 Å². The van der Waals surface area contributed by atoms with Crippen molar-refractivity contribution >= 4 is 40.9 Å². The molecule has 6 nitrogen and oxygen atoms in total. The minimum atomic E-state index is -0.392. The molecule has 9 heteroatoms. The van der Waals surface area contributed by atoms with Gasteiger partial charge in [-0.3, -0.25) is 14.3 Å². The first kappa shape index (κ1) is 22.3. The Morgan fingerprint density at radius 2 is 1.97 bits per heavy atom. The van der Waals surface area contributed by atoms with Crippen LogP contribution in [0.5, 0.6) is 0 Å². The summed E-state index contributed by atoms with van der Waals surface area (Å²) in [5, 5.41) is 12.9. The van der Waals surface area contributed by atoms with E-state index in [2.05, 4.69) is 27.1 Å². The van der Waals surface area contributed by atoms with Gasteiger partial charge in [-0.1, -0.05) is 47.1 Å². The molecule has 0 aliphatic rings. The second kappa shape index (κ2) is 10.1. The fourth-order valence-electron chi connectivity index (χ4n) is 2.86. The second-order valence-electron chi connectivity index (χ2n) is 6.60. The quantitative estimate of drug-likeness (QED) is 0.369. The van der Waals surface area contributed by atoms with Gasteiger partial charge in [-0.25, -0.2) is 0 Å². The Morgan fingerprint density at radius 3 is 2.63 bits per heavy atom. The number of pyridine rings is 1. The number of nitrogens with zero attached hydrogens (tertiary/aromatic N) is 4. The highest BCUT2D eigenvalue weighted by Gasteiger charge is 2.22. The molecule has 0 saturated carbocycles. The summed E-state index contributed by atoms with van der Waals surface area (Å²) in [4.78, 5) is 16.8. The number of aromatic nitrogens is 4. The molecule has 2 atom stereocenters. The highest BCUT2D eigenvalue weighted by atomic mass is 35.5. The average molecular weight is 462 g/mol. The predicted octanol–water partition coefficient (Wildman–Crippen LogP) is 5.19. The van der Waals surface area contributed by atoms with Crippen LogP contribution >= 0.6 is 35.0 Å². The van der Waals surface area contributed by atoms with Gasteiger partial charge in [0.15, 0.2) is 11.0 Å². The molecule has 30 heavy (non-hydrogen) atoms. The third-order valence-corrected chi connectivity index (χ3v) is 6.05. The van der Waals surface area contributed by atoms with Crippen molar-refractivity contribution in [3.05, 3.63) is 71.0 Å². The molecule has 2 unspecified atom stereocenters.